The van der Waals surface area contributed by atoms with Crippen molar-refractivity contribution in [1.29, 1.82) is 0 Å². The monoisotopic (exact) mass is 457 g/mol. The van der Waals surface area contributed by atoms with E-state index in [2.05, 4.69) is 5.32 Å². The molecule has 1 aliphatic heterocycles. The first-order valence-corrected chi connectivity index (χ1v) is 11.7. The van der Waals surface area contributed by atoms with Crippen molar-refractivity contribution in [1.82, 2.24) is 15.1 Å². The van der Waals surface area contributed by atoms with Crippen LogP contribution in [0.4, 0.5) is 13.6 Å². The number of rotatable bonds is 4. The molecule has 0 radical (unpaired) electrons. The molecular weight excluding hydrogens is 420 g/mol. The maximum Gasteiger partial charge on any atom is 0.408 e. The van der Waals surface area contributed by atoms with Crippen molar-refractivity contribution >= 4 is 17.9 Å². The van der Waals surface area contributed by atoms with Crippen LogP contribution in [0.3, 0.4) is 0 Å². The van der Waals surface area contributed by atoms with E-state index in [9.17, 15) is 18.8 Å². The molecule has 1 heterocycles. The first kappa shape index (κ1) is 24.7. The molecule has 0 aromatic carbocycles. The summed E-state index contributed by atoms with van der Waals surface area (Å²) in [7, 11) is 0. The zero-order valence-corrected chi connectivity index (χ0v) is 19.7. The molecule has 182 valence electrons. The van der Waals surface area contributed by atoms with Gasteiger partial charge < -0.3 is 19.9 Å². The van der Waals surface area contributed by atoms with Crippen LogP contribution in [0.2, 0.25) is 0 Å². The number of nitrogens with one attached hydrogen (secondary N) is 1. The van der Waals surface area contributed by atoms with Crippen LogP contribution >= 0.6 is 0 Å². The van der Waals surface area contributed by atoms with Crippen LogP contribution in [0.1, 0.15) is 66.2 Å². The van der Waals surface area contributed by atoms with Gasteiger partial charge in [-0.1, -0.05) is 6.92 Å². The lowest BCUT2D eigenvalue weighted by Crippen LogP contribution is -2.58. The summed E-state index contributed by atoms with van der Waals surface area (Å²) in [4.78, 5) is 41.0. The van der Waals surface area contributed by atoms with Crippen molar-refractivity contribution in [2.45, 2.75) is 83.7 Å². The molecule has 1 saturated heterocycles. The highest BCUT2D eigenvalue weighted by Gasteiger charge is 2.56. The summed E-state index contributed by atoms with van der Waals surface area (Å²) in [5, 5.41) is 2.46. The van der Waals surface area contributed by atoms with E-state index in [1.807, 2.05) is 6.92 Å². The lowest BCUT2D eigenvalue weighted by Gasteiger charge is -2.51. The van der Waals surface area contributed by atoms with Crippen molar-refractivity contribution in [2.75, 3.05) is 32.7 Å². The molecule has 32 heavy (non-hydrogen) atoms. The number of alkyl carbamates (subject to hydrolysis) is 1. The first-order valence-electron chi connectivity index (χ1n) is 11.7. The molecule has 0 aromatic heterocycles. The number of hydrogen-bond donors (Lipinski definition) is 1. The lowest BCUT2D eigenvalue weighted by molar-refractivity contribution is -0.158. The Morgan fingerprint density at radius 3 is 2.25 bits per heavy atom. The highest BCUT2D eigenvalue weighted by atomic mass is 19.2. The summed E-state index contributed by atoms with van der Waals surface area (Å²) in [5.74, 6) is -0.400. The normalized spacial score (nSPS) is 32.9. The quantitative estimate of drug-likeness (QED) is 0.703. The van der Waals surface area contributed by atoms with E-state index in [1.165, 1.54) is 0 Å². The molecule has 0 spiro atoms. The Balaban J connectivity index is 1.53. The van der Waals surface area contributed by atoms with Crippen LogP contribution < -0.4 is 5.32 Å². The van der Waals surface area contributed by atoms with Crippen molar-refractivity contribution in [3.05, 3.63) is 0 Å². The molecule has 2 aliphatic carbocycles. The average molecular weight is 458 g/mol. The van der Waals surface area contributed by atoms with E-state index in [-0.39, 0.29) is 37.1 Å². The third-order valence-corrected chi connectivity index (χ3v) is 7.00. The molecule has 2 saturated carbocycles. The molecule has 3 fully saturated rings. The summed E-state index contributed by atoms with van der Waals surface area (Å²) in [6.07, 6.45) is -0.0210. The minimum Gasteiger partial charge on any atom is -0.444 e. The molecule has 4 atom stereocenters. The van der Waals surface area contributed by atoms with Crippen LogP contribution in [0.5, 0.6) is 0 Å². The molecule has 3 rings (SSSR count). The molecule has 3 aliphatic rings. The number of nitrogens with zero attached hydrogens (tertiary/aromatic N) is 2. The topological polar surface area (TPSA) is 79.0 Å². The number of ether oxygens (including phenoxy) is 1. The fourth-order valence-electron chi connectivity index (χ4n) is 5.71. The van der Waals surface area contributed by atoms with Crippen molar-refractivity contribution < 1.29 is 27.9 Å². The Bertz CT molecular complexity index is 731. The third-order valence-electron chi connectivity index (χ3n) is 7.00. The van der Waals surface area contributed by atoms with Gasteiger partial charge in [0.2, 0.25) is 11.8 Å². The number of hydrogen-bond acceptors (Lipinski definition) is 4. The summed E-state index contributed by atoms with van der Waals surface area (Å²) in [6, 6.07) is 0. The van der Waals surface area contributed by atoms with Crippen LogP contribution in [0.25, 0.3) is 0 Å². The van der Waals surface area contributed by atoms with Crippen LogP contribution in [-0.2, 0) is 14.3 Å². The van der Waals surface area contributed by atoms with Gasteiger partial charge in [-0.3, -0.25) is 9.59 Å². The Kier molecular flexibility index (Phi) is 7.05. The SMILES string of the molecule is CCC1(C(=O)N2CCN(C(=O)CNC(=O)OC(C)(C)C)CC2)CC2CC(F)CC(F)(C2)C1. The van der Waals surface area contributed by atoms with Crippen LogP contribution in [0, 0.1) is 11.3 Å². The van der Waals surface area contributed by atoms with Crippen LogP contribution in [0.15, 0.2) is 0 Å². The van der Waals surface area contributed by atoms with Gasteiger partial charge in [0, 0.05) is 32.6 Å². The minimum absolute atomic E-state index is 0.0667. The molecule has 9 heteroatoms. The zero-order chi connectivity index (χ0) is 23.7. The second kappa shape index (κ2) is 9.14. The van der Waals surface area contributed by atoms with E-state index in [4.69, 9.17) is 4.74 Å². The largest absolute Gasteiger partial charge is 0.444 e. The number of carbonyl (C=O) groups excluding carboxylic acids is 3. The predicted octanol–water partition coefficient (Wildman–Crippen LogP) is 3.22. The van der Waals surface area contributed by atoms with Gasteiger partial charge in [0.25, 0.3) is 0 Å². The highest BCUT2D eigenvalue weighted by Crippen LogP contribution is 2.55. The molecule has 7 nitrogen and oxygen atoms in total. The summed E-state index contributed by atoms with van der Waals surface area (Å²) in [6.45, 7) is 8.43. The van der Waals surface area contributed by atoms with E-state index in [0.717, 1.165) is 0 Å². The standard InChI is InChI=1S/C23H37F2N3O4/c1-5-22(11-16-10-17(24)13-23(25,12-16)15-22)19(30)28-8-6-27(7-9-28)18(29)14-26-20(31)32-21(2,3)4/h16-17H,5-15H2,1-4H3,(H,26,31). The number of halogens is 2. The fraction of sp³-hybridized carbons (Fsp3) is 0.870. The van der Waals surface area contributed by atoms with Crippen LogP contribution in [-0.4, -0.2) is 77.9 Å². The third kappa shape index (κ3) is 5.70. The van der Waals surface area contributed by atoms with Gasteiger partial charge in [-0.15, -0.1) is 0 Å². The van der Waals surface area contributed by atoms with E-state index in [1.54, 1.807) is 30.6 Å². The van der Waals surface area contributed by atoms with E-state index >= 15 is 4.39 Å². The number of piperazine rings is 1. The second-order valence-electron chi connectivity index (χ2n) is 10.8. The number of fused-ring (bicyclic) bond motifs is 2. The van der Waals surface area contributed by atoms with Crippen molar-refractivity contribution in [3.8, 4) is 0 Å². The Morgan fingerprint density at radius 2 is 1.69 bits per heavy atom. The number of alkyl halides is 2. The van der Waals surface area contributed by atoms with Gasteiger partial charge in [-0.05, 0) is 58.8 Å². The minimum atomic E-state index is -1.60. The summed E-state index contributed by atoms with van der Waals surface area (Å²) in [5.41, 5.74) is -3.03. The Labute approximate surface area is 189 Å². The van der Waals surface area contributed by atoms with Gasteiger partial charge in [0.05, 0.1) is 5.41 Å². The highest BCUT2D eigenvalue weighted by molar-refractivity contribution is 5.84. The van der Waals surface area contributed by atoms with Gasteiger partial charge in [-0.25, -0.2) is 13.6 Å². The number of amides is 3. The molecule has 4 unspecified atom stereocenters. The van der Waals surface area contributed by atoms with Gasteiger partial charge in [0.1, 0.15) is 24.0 Å². The zero-order valence-electron chi connectivity index (χ0n) is 19.7. The smallest absolute Gasteiger partial charge is 0.408 e. The van der Waals surface area contributed by atoms with Gasteiger partial charge in [0.15, 0.2) is 0 Å². The summed E-state index contributed by atoms with van der Waals surface area (Å²) >= 11 is 0. The first-order chi connectivity index (χ1) is 14.8. The van der Waals surface area contributed by atoms with E-state index in [0.29, 0.717) is 51.9 Å². The Morgan fingerprint density at radius 1 is 1.06 bits per heavy atom. The Hall–Kier alpha value is -1.93. The molecule has 2 bridgehead atoms. The second-order valence-corrected chi connectivity index (χ2v) is 10.8. The molecule has 0 aromatic rings. The van der Waals surface area contributed by atoms with E-state index < -0.39 is 28.9 Å². The number of carbonyl (C=O) groups is 3. The fourth-order valence-corrected chi connectivity index (χ4v) is 5.71. The summed E-state index contributed by atoms with van der Waals surface area (Å²) < 4.78 is 34.5. The maximum atomic E-state index is 15.4. The maximum absolute atomic E-state index is 15.4. The van der Waals surface area contributed by atoms with Crippen molar-refractivity contribution in [3.63, 3.8) is 0 Å². The molecule has 1 N–H and O–H groups in total. The molecular formula is C23H37F2N3O4. The predicted molar refractivity (Wildman–Crippen MR) is 115 cm³/mol. The van der Waals surface area contributed by atoms with Gasteiger partial charge >= 0.3 is 6.09 Å². The average Bonchev–Trinajstić information content (AvgIpc) is 2.68. The van der Waals surface area contributed by atoms with Crippen molar-refractivity contribution in [2.24, 2.45) is 11.3 Å². The molecule has 3 amide bonds. The van der Waals surface area contributed by atoms with Gasteiger partial charge in [-0.2, -0.15) is 0 Å². The lowest BCUT2D eigenvalue weighted by atomic mass is 9.57.